The maximum atomic E-state index is 12.9. The van der Waals surface area contributed by atoms with E-state index in [-0.39, 0.29) is 22.0 Å². The summed E-state index contributed by atoms with van der Waals surface area (Å²) in [4.78, 5) is 38.0. The van der Waals surface area contributed by atoms with Crippen LogP contribution in [-0.4, -0.2) is 38.6 Å². The van der Waals surface area contributed by atoms with Gasteiger partial charge in [-0.15, -0.1) is 11.3 Å². The third-order valence-corrected chi connectivity index (χ3v) is 6.00. The Morgan fingerprint density at radius 3 is 2.27 bits per heavy atom. The Balaban J connectivity index is 1.78. The van der Waals surface area contributed by atoms with Crippen molar-refractivity contribution in [3.05, 3.63) is 70.1 Å². The first-order valence-electron chi connectivity index (χ1n) is 9.99. The minimum Gasteiger partial charge on any atom is -0.497 e. The van der Waals surface area contributed by atoms with Crippen molar-refractivity contribution in [3.63, 3.8) is 0 Å². The van der Waals surface area contributed by atoms with Crippen molar-refractivity contribution >= 4 is 39.8 Å². The van der Waals surface area contributed by atoms with Crippen LogP contribution in [0.4, 0.5) is 10.7 Å². The molecule has 8 nitrogen and oxygen atoms in total. The third kappa shape index (κ3) is 5.69. The van der Waals surface area contributed by atoms with Crippen LogP contribution < -0.4 is 20.1 Å². The zero-order chi connectivity index (χ0) is 24.0. The van der Waals surface area contributed by atoms with E-state index in [1.807, 2.05) is 25.1 Å². The molecule has 0 spiro atoms. The summed E-state index contributed by atoms with van der Waals surface area (Å²) in [5.74, 6) is -0.285. The minimum atomic E-state index is -0.651. The summed E-state index contributed by atoms with van der Waals surface area (Å²) in [6.07, 6.45) is 0. The van der Waals surface area contributed by atoms with E-state index >= 15 is 0 Å². The number of methoxy groups -OCH3 is 2. The summed E-state index contributed by atoms with van der Waals surface area (Å²) in [5.41, 5.74) is 2.00. The maximum Gasteiger partial charge on any atom is 0.341 e. The fourth-order valence-electron chi connectivity index (χ4n) is 3.05. The molecule has 0 atom stereocenters. The number of amides is 2. The normalized spacial score (nSPS) is 10.3. The molecule has 3 aromatic rings. The van der Waals surface area contributed by atoms with Crippen LogP contribution in [0.15, 0.2) is 48.5 Å². The number of aryl methyl sites for hydroxylation is 1. The molecule has 0 aliphatic carbocycles. The topological polar surface area (TPSA) is 103 Å². The zero-order valence-corrected chi connectivity index (χ0v) is 19.5. The molecule has 2 aromatic carbocycles. The van der Waals surface area contributed by atoms with Gasteiger partial charge in [-0.2, -0.15) is 0 Å². The highest BCUT2D eigenvalue weighted by Gasteiger charge is 2.26. The fraction of sp³-hybridized carbons (Fsp3) is 0.208. The van der Waals surface area contributed by atoms with Crippen molar-refractivity contribution in [2.45, 2.75) is 13.8 Å². The lowest BCUT2D eigenvalue weighted by Gasteiger charge is -2.09. The van der Waals surface area contributed by atoms with Crippen molar-refractivity contribution < 1.29 is 28.6 Å². The summed E-state index contributed by atoms with van der Waals surface area (Å²) in [6, 6.07) is 14.2. The van der Waals surface area contributed by atoms with Crippen LogP contribution in [0.5, 0.6) is 11.5 Å². The SMILES string of the molecule is COC(=O)c1c(NC(=O)COc2ccccc2C)sc(C(=O)Nc2ccc(OC)cc2)c1C. The Morgan fingerprint density at radius 1 is 0.939 bits per heavy atom. The molecular weight excluding hydrogens is 444 g/mol. The number of ether oxygens (including phenoxy) is 3. The first-order valence-corrected chi connectivity index (χ1v) is 10.8. The third-order valence-electron chi connectivity index (χ3n) is 4.80. The van der Waals surface area contributed by atoms with Gasteiger partial charge in [0.2, 0.25) is 0 Å². The second-order valence-corrected chi connectivity index (χ2v) is 8.06. The molecule has 0 saturated heterocycles. The number of nitrogens with one attached hydrogen (secondary N) is 2. The van der Waals surface area contributed by atoms with Gasteiger partial charge in [0.1, 0.15) is 16.5 Å². The summed E-state index contributed by atoms with van der Waals surface area (Å²) in [5, 5.41) is 5.67. The average molecular weight is 469 g/mol. The first kappa shape index (κ1) is 23.8. The van der Waals surface area contributed by atoms with E-state index in [4.69, 9.17) is 14.2 Å². The van der Waals surface area contributed by atoms with E-state index in [9.17, 15) is 14.4 Å². The van der Waals surface area contributed by atoms with E-state index in [1.54, 1.807) is 44.4 Å². The van der Waals surface area contributed by atoms with E-state index in [0.717, 1.165) is 16.9 Å². The van der Waals surface area contributed by atoms with Crippen LogP contribution in [0.1, 0.15) is 31.2 Å². The van der Waals surface area contributed by atoms with Gasteiger partial charge in [-0.25, -0.2) is 4.79 Å². The lowest BCUT2D eigenvalue weighted by Crippen LogP contribution is -2.21. The Morgan fingerprint density at radius 2 is 1.64 bits per heavy atom. The van der Waals surface area contributed by atoms with Gasteiger partial charge in [-0.05, 0) is 55.3 Å². The van der Waals surface area contributed by atoms with Gasteiger partial charge in [0.25, 0.3) is 11.8 Å². The van der Waals surface area contributed by atoms with E-state index in [2.05, 4.69) is 10.6 Å². The van der Waals surface area contributed by atoms with Crippen LogP contribution in [0.25, 0.3) is 0 Å². The summed E-state index contributed by atoms with van der Waals surface area (Å²) >= 11 is 0.993. The highest BCUT2D eigenvalue weighted by atomic mass is 32.1. The van der Waals surface area contributed by atoms with Crippen molar-refractivity contribution in [3.8, 4) is 11.5 Å². The molecule has 172 valence electrons. The van der Waals surface area contributed by atoms with Crippen molar-refractivity contribution in [1.82, 2.24) is 0 Å². The zero-order valence-electron chi connectivity index (χ0n) is 18.7. The molecule has 0 aliphatic rings. The molecule has 2 amide bonds. The Labute approximate surface area is 195 Å². The molecule has 0 aliphatic heterocycles. The van der Waals surface area contributed by atoms with Crippen molar-refractivity contribution in [2.75, 3.05) is 31.5 Å². The van der Waals surface area contributed by atoms with Gasteiger partial charge in [-0.1, -0.05) is 18.2 Å². The van der Waals surface area contributed by atoms with Crippen LogP contribution in [0, 0.1) is 13.8 Å². The number of thiophene rings is 1. The van der Waals surface area contributed by atoms with Gasteiger partial charge in [0.15, 0.2) is 6.61 Å². The number of rotatable bonds is 8. The maximum absolute atomic E-state index is 12.9. The summed E-state index contributed by atoms with van der Waals surface area (Å²) in [7, 11) is 2.79. The Hall–Kier alpha value is -3.85. The molecule has 3 rings (SSSR count). The van der Waals surface area contributed by atoms with Crippen LogP contribution in [-0.2, 0) is 9.53 Å². The van der Waals surface area contributed by atoms with E-state index < -0.39 is 17.8 Å². The number of esters is 1. The summed E-state index contributed by atoms with van der Waals surface area (Å²) < 4.78 is 15.5. The van der Waals surface area contributed by atoms with Crippen LogP contribution >= 0.6 is 11.3 Å². The van der Waals surface area contributed by atoms with Crippen LogP contribution in [0.2, 0.25) is 0 Å². The molecule has 2 N–H and O–H groups in total. The quantitative estimate of drug-likeness (QED) is 0.474. The lowest BCUT2D eigenvalue weighted by atomic mass is 10.1. The number of para-hydroxylation sites is 1. The van der Waals surface area contributed by atoms with Gasteiger partial charge >= 0.3 is 5.97 Å². The molecule has 1 heterocycles. The summed E-state index contributed by atoms with van der Waals surface area (Å²) in [6.45, 7) is 3.25. The second kappa shape index (κ2) is 10.6. The molecule has 0 radical (unpaired) electrons. The standard InChI is InChI=1S/C24H24N2O6S/c1-14-7-5-6-8-18(14)32-13-19(27)26-23-20(24(29)31-4)15(2)21(33-23)22(28)25-16-9-11-17(30-3)12-10-16/h5-12H,13H2,1-4H3,(H,25,28)(H,26,27). The molecule has 0 unspecified atom stereocenters. The highest BCUT2D eigenvalue weighted by molar-refractivity contribution is 7.18. The smallest absolute Gasteiger partial charge is 0.341 e. The number of benzene rings is 2. The largest absolute Gasteiger partial charge is 0.497 e. The molecule has 33 heavy (non-hydrogen) atoms. The number of hydrogen-bond donors (Lipinski definition) is 2. The lowest BCUT2D eigenvalue weighted by molar-refractivity contribution is -0.118. The van der Waals surface area contributed by atoms with Crippen LogP contribution in [0.3, 0.4) is 0 Å². The molecule has 0 bridgehead atoms. The predicted octanol–water partition coefficient (Wildman–Crippen LogP) is 4.43. The Bertz CT molecular complexity index is 1170. The minimum absolute atomic E-state index is 0.131. The van der Waals surface area contributed by atoms with Gasteiger partial charge < -0.3 is 24.8 Å². The van der Waals surface area contributed by atoms with Gasteiger partial charge in [0.05, 0.1) is 24.7 Å². The predicted molar refractivity (Wildman–Crippen MR) is 127 cm³/mol. The molecule has 0 saturated carbocycles. The monoisotopic (exact) mass is 468 g/mol. The number of carbonyl (C=O) groups is 3. The molecule has 0 fully saturated rings. The number of hydrogen-bond acceptors (Lipinski definition) is 7. The second-order valence-electron chi connectivity index (χ2n) is 7.04. The van der Waals surface area contributed by atoms with Gasteiger partial charge in [-0.3, -0.25) is 9.59 Å². The average Bonchev–Trinajstić information content (AvgIpc) is 3.14. The molecule has 1 aromatic heterocycles. The van der Waals surface area contributed by atoms with Crippen molar-refractivity contribution in [1.29, 1.82) is 0 Å². The van der Waals surface area contributed by atoms with Gasteiger partial charge in [0, 0.05) is 5.69 Å². The van der Waals surface area contributed by atoms with E-state index in [1.165, 1.54) is 7.11 Å². The number of anilines is 2. The first-order chi connectivity index (χ1) is 15.8. The molecular formula is C24H24N2O6S. The molecule has 9 heteroatoms. The van der Waals surface area contributed by atoms with Crippen molar-refractivity contribution in [2.24, 2.45) is 0 Å². The fourth-order valence-corrected chi connectivity index (χ4v) is 4.16. The Kier molecular flexibility index (Phi) is 7.68. The van der Waals surface area contributed by atoms with E-state index in [0.29, 0.717) is 22.7 Å². The number of carbonyl (C=O) groups excluding carboxylic acids is 3. The highest BCUT2D eigenvalue weighted by Crippen LogP contribution is 2.34.